The lowest BCUT2D eigenvalue weighted by Gasteiger charge is -2.29. The topological polar surface area (TPSA) is 0 Å². The maximum atomic E-state index is 2.47. The van der Waals surface area contributed by atoms with Crippen LogP contribution in [0.3, 0.4) is 0 Å². The van der Waals surface area contributed by atoms with E-state index in [0.717, 1.165) is 17.8 Å². The molecule has 0 bridgehead atoms. The molecule has 0 spiro atoms. The fourth-order valence-corrected chi connectivity index (χ4v) is 1.89. The summed E-state index contributed by atoms with van der Waals surface area (Å²) in [4.78, 5) is 0. The van der Waals surface area contributed by atoms with Gasteiger partial charge < -0.3 is 0 Å². The Morgan fingerprint density at radius 1 is 1.40 bits per heavy atom. The second-order valence-corrected chi connectivity index (χ2v) is 4.03. The smallest absolute Gasteiger partial charge is 0.0357 e. The fourth-order valence-electron chi connectivity index (χ4n) is 1.89. The van der Waals surface area contributed by atoms with Crippen LogP contribution in [0.15, 0.2) is 0 Å². The Morgan fingerprint density at radius 3 is 2.50 bits per heavy atom. The van der Waals surface area contributed by atoms with Gasteiger partial charge in [0.1, 0.15) is 0 Å². The predicted molar refractivity (Wildman–Crippen MR) is 45.6 cm³/mol. The van der Waals surface area contributed by atoms with Crippen molar-refractivity contribution in [1.29, 1.82) is 0 Å². The average Bonchev–Trinajstić information content (AvgIpc) is 1.88. The van der Waals surface area contributed by atoms with Crippen molar-refractivity contribution in [2.45, 2.75) is 40.0 Å². The van der Waals surface area contributed by atoms with Crippen LogP contribution in [0, 0.1) is 24.2 Å². The zero-order chi connectivity index (χ0) is 7.56. The van der Waals surface area contributed by atoms with E-state index in [0.29, 0.717) is 0 Å². The fraction of sp³-hybridized carbons (Fsp3) is 0.900. The standard InChI is InChI=1S/C10H19/c1-8(2)10-6-4-5-9(3)7-10/h5,8-10H,4,6-7H2,1-3H3. The van der Waals surface area contributed by atoms with E-state index in [4.69, 9.17) is 0 Å². The van der Waals surface area contributed by atoms with E-state index >= 15 is 0 Å². The van der Waals surface area contributed by atoms with E-state index in [-0.39, 0.29) is 0 Å². The molecule has 1 rings (SSSR count). The molecule has 1 aliphatic rings. The molecule has 0 nitrogen and oxygen atoms in total. The molecule has 1 aliphatic carbocycles. The molecule has 59 valence electrons. The minimum absolute atomic E-state index is 0.876. The van der Waals surface area contributed by atoms with Crippen molar-refractivity contribution in [3.05, 3.63) is 6.42 Å². The Morgan fingerprint density at radius 2 is 2.10 bits per heavy atom. The van der Waals surface area contributed by atoms with Gasteiger partial charge in [0.15, 0.2) is 0 Å². The van der Waals surface area contributed by atoms with Gasteiger partial charge in [-0.05, 0) is 43.4 Å². The molecule has 0 N–H and O–H groups in total. The molecule has 0 aromatic rings. The first-order valence-electron chi connectivity index (χ1n) is 4.53. The molecule has 10 heavy (non-hydrogen) atoms. The van der Waals surface area contributed by atoms with Crippen LogP contribution < -0.4 is 0 Å². The van der Waals surface area contributed by atoms with Crippen LogP contribution in [0.5, 0.6) is 0 Å². The lowest BCUT2D eigenvalue weighted by atomic mass is 9.77. The molecule has 0 saturated heterocycles. The van der Waals surface area contributed by atoms with Crippen molar-refractivity contribution in [1.82, 2.24) is 0 Å². The molecule has 0 aromatic heterocycles. The summed E-state index contributed by atoms with van der Waals surface area (Å²) in [5.41, 5.74) is 0. The molecule has 1 saturated carbocycles. The molecule has 1 radical (unpaired) electrons. The molecule has 0 heteroatoms. The highest BCUT2D eigenvalue weighted by Gasteiger charge is 2.20. The molecular weight excluding hydrogens is 120 g/mol. The lowest BCUT2D eigenvalue weighted by molar-refractivity contribution is 0.267. The summed E-state index contributed by atoms with van der Waals surface area (Å²) < 4.78 is 0. The van der Waals surface area contributed by atoms with Crippen molar-refractivity contribution in [2.75, 3.05) is 0 Å². The lowest BCUT2D eigenvalue weighted by Crippen LogP contribution is -2.18. The third-order valence-corrected chi connectivity index (χ3v) is 2.72. The van der Waals surface area contributed by atoms with Gasteiger partial charge >= 0.3 is 0 Å². The SMILES string of the molecule is CC1[CH]CCC(C(C)C)C1. The van der Waals surface area contributed by atoms with E-state index in [1.165, 1.54) is 19.3 Å². The molecule has 1 fully saturated rings. The summed E-state index contributed by atoms with van der Waals surface area (Å²) >= 11 is 0. The maximum absolute atomic E-state index is 2.47. The third kappa shape index (κ3) is 2.00. The first-order chi connectivity index (χ1) is 4.70. The highest BCUT2D eigenvalue weighted by atomic mass is 14.3. The normalized spacial score (nSPS) is 34.8. The molecule has 0 aromatic carbocycles. The van der Waals surface area contributed by atoms with Crippen LogP contribution in [-0.2, 0) is 0 Å². The van der Waals surface area contributed by atoms with Gasteiger partial charge in [-0.15, -0.1) is 0 Å². The number of rotatable bonds is 1. The van der Waals surface area contributed by atoms with E-state index in [9.17, 15) is 0 Å². The summed E-state index contributed by atoms with van der Waals surface area (Å²) in [5.74, 6) is 2.78. The van der Waals surface area contributed by atoms with Crippen molar-refractivity contribution < 1.29 is 0 Å². The first kappa shape index (κ1) is 8.10. The van der Waals surface area contributed by atoms with Gasteiger partial charge in [-0.3, -0.25) is 0 Å². The summed E-state index contributed by atoms with van der Waals surface area (Å²) in [6.45, 7) is 7.04. The summed E-state index contributed by atoms with van der Waals surface area (Å²) in [7, 11) is 0. The maximum Gasteiger partial charge on any atom is -0.0357 e. The summed E-state index contributed by atoms with van der Waals surface area (Å²) in [6.07, 6.45) is 6.68. The largest absolute Gasteiger partial charge is 0.0625 e. The Kier molecular flexibility index (Phi) is 2.76. The summed E-state index contributed by atoms with van der Waals surface area (Å²) in [6, 6.07) is 0. The summed E-state index contributed by atoms with van der Waals surface area (Å²) in [5, 5.41) is 0. The van der Waals surface area contributed by atoms with Gasteiger partial charge in [0.25, 0.3) is 0 Å². The van der Waals surface area contributed by atoms with Gasteiger partial charge in [0.05, 0.1) is 0 Å². The zero-order valence-electron chi connectivity index (χ0n) is 7.43. The van der Waals surface area contributed by atoms with Crippen LogP contribution in [0.4, 0.5) is 0 Å². The predicted octanol–water partition coefficient (Wildman–Crippen LogP) is 3.28. The van der Waals surface area contributed by atoms with E-state index in [2.05, 4.69) is 27.2 Å². The molecule has 2 unspecified atom stereocenters. The zero-order valence-corrected chi connectivity index (χ0v) is 7.43. The Balaban J connectivity index is 2.32. The minimum Gasteiger partial charge on any atom is -0.0625 e. The second-order valence-electron chi connectivity index (χ2n) is 4.03. The average molecular weight is 139 g/mol. The molecule has 0 heterocycles. The Hall–Kier alpha value is 0. The monoisotopic (exact) mass is 139 g/mol. The highest BCUT2D eigenvalue weighted by molar-refractivity contribution is 4.83. The second kappa shape index (κ2) is 3.41. The Labute approximate surface area is 65.0 Å². The van der Waals surface area contributed by atoms with E-state index in [1.807, 2.05) is 0 Å². The van der Waals surface area contributed by atoms with Crippen molar-refractivity contribution in [3.8, 4) is 0 Å². The Bertz CT molecular complexity index is 94.2. The van der Waals surface area contributed by atoms with Crippen molar-refractivity contribution in [2.24, 2.45) is 17.8 Å². The quantitative estimate of drug-likeness (QED) is 0.523. The van der Waals surface area contributed by atoms with Crippen LogP contribution in [0.25, 0.3) is 0 Å². The molecule has 0 amide bonds. The number of hydrogen-bond donors (Lipinski definition) is 0. The van der Waals surface area contributed by atoms with Crippen LogP contribution in [0.1, 0.15) is 40.0 Å². The van der Waals surface area contributed by atoms with E-state index in [1.54, 1.807) is 0 Å². The van der Waals surface area contributed by atoms with E-state index < -0.39 is 0 Å². The van der Waals surface area contributed by atoms with Gasteiger partial charge in [-0.1, -0.05) is 20.8 Å². The van der Waals surface area contributed by atoms with Crippen molar-refractivity contribution in [3.63, 3.8) is 0 Å². The van der Waals surface area contributed by atoms with Crippen LogP contribution in [0.2, 0.25) is 0 Å². The van der Waals surface area contributed by atoms with Crippen LogP contribution in [-0.4, -0.2) is 0 Å². The van der Waals surface area contributed by atoms with Crippen LogP contribution >= 0.6 is 0 Å². The highest BCUT2D eigenvalue weighted by Crippen LogP contribution is 2.32. The van der Waals surface area contributed by atoms with Gasteiger partial charge in [0, 0.05) is 0 Å². The van der Waals surface area contributed by atoms with Gasteiger partial charge in [0.2, 0.25) is 0 Å². The molecule has 2 atom stereocenters. The molecule has 0 aliphatic heterocycles. The van der Waals surface area contributed by atoms with Gasteiger partial charge in [-0.25, -0.2) is 0 Å². The van der Waals surface area contributed by atoms with Gasteiger partial charge in [-0.2, -0.15) is 0 Å². The minimum atomic E-state index is 0.876. The van der Waals surface area contributed by atoms with Crippen molar-refractivity contribution >= 4 is 0 Å². The number of hydrogen-bond acceptors (Lipinski definition) is 0. The molecular formula is C10H19. The third-order valence-electron chi connectivity index (χ3n) is 2.72. The first-order valence-corrected chi connectivity index (χ1v) is 4.53.